The van der Waals surface area contributed by atoms with Gasteiger partial charge in [-0.15, -0.1) is 0 Å². The number of benzene rings is 1. The molecule has 4 aromatic rings. The van der Waals surface area contributed by atoms with Gasteiger partial charge in [0.1, 0.15) is 16.5 Å². The van der Waals surface area contributed by atoms with Gasteiger partial charge < -0.3 is 4.74 Å². The summed E-state index contributed by atoms with van der Waals surface area (Å²) in [6.45, 7) is 4.18. The summed E-state index contributed by atoms with van der Waals surface area (Å²) in [4.78, 5) is 8.79. The molecule has 3 heterocycles. The Morgan fingerprint density at radius 1 is 1.12 bits per heavy atom. The summed E-state index contributed by atoms with van der Waals surface area (Å²) >= 11 is 6.07. The molecule has 120 valence electrons. The van der Waals surface area contributed by atoms with Gasteiger partial charge in [0, 0.05) is 35.6 Å². The Kier molecular flexibility index (Phi) is 3.43. The summed E-state index contributed by atoms with van der Waals surface area (Å²) < 4.78 is 7.55. The van der Waals surface area contributed by atoms with Crippen molar-refractivity contribution < 1.29 is 4.74 Å². The number of nitrogens with zero attached hydrogens (tertiary/aromatic N) is 3. The molecule has 0 amide bonds. The van der Waals surface area contributed by atoms with E-state index in [1.165, 1.54) is 5.56 Å². The quantitative estimate of drug-likeness (QED) is 0.492. The lowest BCUT2D eigenvalue weighted by molar-refractivity contribution is 0.412. The first-order chi connectivity index (χ1) is 11.6. The highest BCUT2D eigenvalue weighted by Gasteiger charge is 2.16. The van der Waals surface area contributed by atoms with Crippen LogP contribution in [0.15, 0.2) is 42.9 Å². The van der Waals surface area contributed by atoms with Crippen molar-refractivity contribution in [3.8, 4) is 16.9 Å². The van der Waals surface area contributed by atoms with Gasteiger partial charge in [-0.05, 0) is 42.7 Å². The molecule has 24 heavy (non-hydrogen) atoms. The van der Waals surface area contributed by atoms with E-state index in [4.69, 9.17) is 16.3 Å². The number of imidazole rings is 1. The summed E-state index contributed by atoms with van der Waals surface area (Å²) in [6, 6.07) is 8.06. The number of methoxy groups -OCH3 is 1. The zero-order valence-corrected chi connectivity index (χ0v) is 14.4. The molecule has 3 aromatic heterocycles. The summed E-state index contributed by atoms with van der Waals surface area (Å²) in [7, 11) is 1.69. The van der Waals surface area contributed by atoms with E-state index in [0.717, 1.165) is 39.0 Å². The lowest BCUT2D eigenvalue weighted by Crippen LogP contribution is -1.97. The first-order valence-corrected chi connectivity index (χ1v) is 8.04. The molecular weight excluding hydrogens is 322 g/mol. The van der Waals surface area contributed by atoms with Gasteiger partial charge in [0.25, 0.3) is 0 Å². The minimum Gasteiger partial charge on any atom is -0.496 e. The van der Waals surface area contributed by atoms with Crippen LogP contribution in [0.25, 0.3) is 27.7 Å². The van der Waals surface area contributed by atoms with Crippen LogP contribution in [0.1, 0.15) is 11.1 Å². The van der Waals surface area contributed by atoms with E-state index < -0.39 is 0 Å². The maximum Gasteiger partial charge on any atom is 0.145 e. The van der Waals surface area contributed by atoms with Gasteiger partial charge in [-0.3, -0.25) is 4.40 Å². The highest BCUT2D eigenvalue weighted by molar-refractivity contribution is 6.30. The second-order valence-electron chi connectivity index (χ2n) is 5.83. The molecule has 0 aliphatic heterocycles. The summed E-state index contributed by atoms with van der Waals surface area (Å²) in [5.74, 6) is 0.870. The Labute approximate surface area is 144 Å². The van der Waals surface area contributed by atoms with Gasteiger partial charge in [-0.25, -0.2) is 9.97 Å². The van der Waals surface area contributed by atoms with Gasteiger partial charge in [0.2, 0.25) is 0 Å². The monoisotopic (exact) mass is 337 g/mol. The maximum absolute atomic E-state index is 6.07. The van der Waals surface area contributed by atoms with Crippen LogP contribution in [0.4, 0.5) is 0 Å². The molecule has 5 heteroatoms. The van der Waals surface area contributed by atoms with Crippen molar-refractivity contribution in [1.29, 1.82) is 0 Å². The maximum atomic E-state index is 6.07. The van der Waals surface area contributed by atoms with Crippen LogP contribution in [-0.2, 0) is 0 Å². The van der Waals surface area contributed by atoms with E-state index in [-0.39, 0.29) is 0 Å². The summed E-state index contributed by atoms with van der Waals surface area (Å²) in [5.41, 5.74) is 6.37. The average molecular weight is 338 g/mol. The van der Waals surface area contributed by atoms with Crippen molar-refractivity contribution in [3.63, 3.8) is 0 Å². The molecule has 0 unspecified atom stereocenters. The van der Waals surface area contributed by atoms with Gasteiger partial charge in [-0.2, -0.15) is 0 Å². The Balaban J connectivity index is 2.14. The Morgan fingerprint density at radius 3 is 2.75 bits per heavy atom. The molecule has 0 aliphatic carbocycles. The summed E-state index contributed by atoms with van der Waals surface area (Å²) in [6.07, 6.45) is 5.55. The smallest absolute Gasteiger partial charge is 0.145 e. The largest absolute Gasteiger partial charge is 0.496 e. The van der Waals surface area contributed by atoms with Crippen molar-refractivity contribution >= 4 is 28.2 Å². The minimum absolute atomic E-state index is 0.471. The lowest BCUT2D eigenvalue weighted by Gasteiger charge is -2.15. The third kappa shape index (κ3) is 2.14. The van der Waals surface area contributed by atoms with E-state index in [1.54, 1.807) is 19.5 Å². The van der Waals surface area contributed by atoms with Gasteiger partial charge in [-0.1, -0.05) is 17.7 Å². The normalized spacial score (nSPS) is 11.3. The van der Waals surface area contributed by atoms with E-state index in [9.17, 15) is 0 Å². The number of pyridine rings is 2. The van der Waals surface area contributed by atoms with Crippen molar-refractivity contribution in [1.82, 2.24) is 14.4 Å². The third-order valence-corrected chi connectivity index (χ3v) is 4.64. The van der Waals surface area contributed by atoms with E-state index >= 15 is 0 Å². The highest BCUT2D eigenvalue weighted by Crippen LogP contribution is 2.37. The zero-order valence-electron chi connectivity index (χ0n) is 13.7. The number of ether oxygens (including phenoxy) is 1. The third-order valence-electron chi connectivity index (χ3n) is 4.43. The van der Waals surface area contributed by atoms with Crippen molar-refractivity contribution in [2.24, 2.45) is 0 Å². The molecular formula is C19H16ClN3O. The van der Waals surface area contributed by atoms with E-state index in [0.29, 0.717) is 5.15 Å². The Hall–Kier alpha value is -2.59. The molecule has 0 spiro atoms. The highest BCUT2D eigenvalue weighted by atomic mass is 35.5. The molecule has 0 N–H and O–H groups in total. The molecule has 4 rings (SSSR count). The van der Waals surface area contributed by atoms with Gasteiger partial charge >= 0.3 is 0 Å². The second-order valence-corrected chi connectivity index (χ2v) is 6.22. The summed E-state index contributed by atoms with van der Waals surface area (Å²) in [5, 5.41) is 1.49. The van der Waals surface area contributed by atoms with Crippen LogP contribution in [0.5, 0.6) is 5.75 Å². The zero-order chi connectivity index (χ0) is 16.8. The Bertz CT molecular complexity index is 1090. The number of hydrogen-bond donors (Lipinski definition) is 0. The molecule has 4 nitrogen and oxygen atoms in total. The molecule has 1 aromatic carbocycles. The second kappa shape index (κ2) is 5.49. The number of fused-ring (bicyclic) bond motifs is 3. The minimum atomic E-state index is 0.471. The molecule has 0 atom stereocenters. The van der Waals surface area contributed by atoms with Crippen molar-refractivity contribution in [3.05, 3.63) is 59.1 Å². The standard InChI is InChI=1S/C19H16ClN3O/c1-11-4-5-16(24-3)12(2)18(11)14-8-13-10-22-17(20)9-15(13)23-7-6-21-19(14)23/h4-10H,1-3H3. The fourth-order valence-electron chi connectivity index (χ4n) is 3.32. The number of halogens is 1. The fourth-order valence-corrected chi connectivity index (χ4v) is 3.47. The molecule has 0 saturated heterocycles. The topological polar surface area (TPSA) is 39.4 Å². The van der Waals surface area contributed by atoms with Crippen LogP contribution in [-0.4, -0.2) is 21.5 Å². The SMILES string of the molecule is COc1ccc(C)c(-c2cc3cnc(Cl)cc3n3ccnc23)c1C. The fraction of sp³-hybridized carbons (Fsp3) is 0.158. The van der Waals surface area contributed by atoms with Crippen LogP contribution in [0.3, 0.4) is 0 Å². The molecule has 0 saturated carbocycles. The number of aromatic nitrogens is 3. The van der Waals surface area contributed by atoms with Crippen LogP contribution in [0.2, 0.25) is 5.15 Å². The molecule has 0 aliphatic rings. The first-order valence-electron chi connectivity index (χ1n) is 7.66. The number of aryl methyl sites for hydroxylation is 1. The number of hydrogen-bond acceptors (Lipinski definition) is 3. The van der Waals surface area contributed by atoms with Crippen LogP contribution < -0.4 is 4.74 Å². The van der Waals surface area contributed by atoms with E-state index in [1.807, 2.05) is 18.3 Å². The van der Waals surface area contributed by atoms with Gasteiger partial charge in [0.15, 0.2) is 0 Å². The first kappa shape index (κ1) is 15.0. The van der Waals surface area contributed by atoms with Crippen LogP contribution in [0, 0.1) is 13.8 Å². The average Bonchev–Trinajstić information content (AvgIpc) is 3.05. The van der Waals surface area contributed by atoms with Crippen molar-refractivity contribution in [2.75, 3.05) is 7.11 Å². The van der Waals surface area contributed by atoms with Gasteiger partial charge in [0.05, 0.1) is 12.6 Å². The predicted octanol–water partition coefficient (Wildman–Crippen LogP) is 4.83. The van der Waals surface area contributed by atoms with E-state index in [2.05, 4.69) is 40.3 Å². The molecule has 0 fully saturated rings. The number of rotatable bonds is 2. The molecule has 0 radical (unpaired) electrons. The Morgan fingerprint density at radius 2 is 1.96 bits per heavy atom. The van der Waals surface area contributed by atoms with Crippen LogP contribution >= 0.6 is 11.6 Å². The predicted molar refractivity (Wildman–Crippen MR) is 97.0 cm³/mol. The van der Waals surface area contributed by atoms with Crippen molar-refractivity contribution in [2.45, 2.75) is 13.8 Å². The lowest BCUT2D eigenvalue weighted by atomic mass is 9.95. The molecule has 0 bridgehead atoms.